The third-order valence-corrected chi connectivity index (χ3v) is 6.41. The number of allylic oxidation sites excluding steroid dienone is 1. The van der Waals surface area contributed by atoms with Crippen LogP contribution in [0.5, 0.6) is 0 Å². The third-order valence-electron chi connectivity index (χ3n) is 6.41. The average Bonchev–Trinajstić information content (AvgIpc) is 3.02. The van der Waals surface area contributed by atoms with Crippen LogP contribution in [0, 0.1) is 0 Å². The monoisotopic (exact) mass is 403 g/mol. The van der Waals surface area contributed by atoms with Gasteiger partial charge in [0.05, 0.1) is 5.41 Å². The number of nitrogens with one attached hydrogen (secondary N) is 1. The number of rotatable bonds is 5. The highest BCUT2D eigenvalue weighted by atomic mass is 15.0. The van der Waals surface area contributed by atoms with Gasteiger partial charge in [-0.2, -0.15) is 4.58 Å². The summed E-state index contributed by atoms with van der Waals surface area (Å²) in [7, 11) is 2.19. The maximum absolute atomic E-state index is 3.43. The summed E-state index contributed by atoms with van der Waals surface area (Å²) in [6, 6.07) is 34.4. The quantitative estimate of drug-likeness (QED) is 0.367. The second-order valence-corrected chi connectivity index (χ2v) is 8.46. The van der Waals surface area contributed by atoms with Gasteiger partial charge in [-0.1, -0.05) is 72.8 Å². The van der Waals surface area contributed by atoms with Crippen LogP contribution in [-0.2, 0) is 11.8 Å². The fraction of sp³-hybridized carbons (Fsp3) is 0.138. The Hall–Kier alpha value is -3.65. The van der Waals surface area contributed by atoms with E-state index in [-0.39, 0.29) is 5.41 Å². The number of hydrogen-bond acceptors (Lipinski definition) is 1. The van der Waals surface area contributed by atoms with Crippen molar-refractivity contribution in [3.8, 4) is 0 Å². The third kappa shape index (κ3) is 3.44. The van der Waals surface area contributed by atoms with Crippen molar-refractivity contribution in [2.45, 2.75) is 18.8 Å². The number of nitrogens with zero attached hydrogens (tertiary/aromatic N) is 1. The van der Waals surface area contributed by atoms with Crippen LogP contribution in [0.1, 0.15) is 18.1 Å². The highest BCUT2D eigenvalue weighted by molar-refractivity contribution is 6.08. The Morgan fingerprint density at radius 2 is 1.48 bits per heavy atom. The lowest BCUT2D eigenvalue weighted by Gasteiger charge is -2.24. The van der Waals surface area contributed by atoms with Crippen molar-refractivity contribution >= 4 is 27.9 Å². The SMILES string of the molecule is C[N+]1=C(C=CNc2ccccc2)C(C)(Cc2ccccc2)c2c1ccc1ccccc21. The van der Waals surface area contributed by atoms with Gasteiger partial charge in [0.1, 0.15) is 7.05 Å². The molecule has 0 radical (unpaired) electrons. The molecule has 4 aromatic carbocycles. The van der Waals surface area contributed by atoms with Gasteiger partial charge in [-0.15, -0.1) is 0 Å². The van der Waals surface area contributed by atoms with Crippen molar-refractivity contribution in [3.63, 3.8) is 0 Å². The molecule has 0 bridgehead atoms. The van der Waals surface area contributed by atoms with Gasteiger partial charge in [-0.25, -0.2) is 0 Å². The van der Waals surface area contributed by atoms with Gasteiger partial charge in [-0.3, -0.25) is 0 Å². The van der Waals surface area contributed by atoms with Crippen LogP contribution in [0.15, 0.2) is 109 Å². The highest BCUT2D eigenvalue weighted by Gasteiger charge is 2.47. The minimum Gasteiger partial charge on any atom is -0.361 e. The highest BCUT2D eigenvalue weighted by Crippen LogP contribution is 2.45. The topological polar surface area (TPSA) is 15.0 Å². The normalized spacial score (nSPS) is 18.0. The van der Waals surface area contributed by atoms with Gasteiger partial charge < -0.3 is 5.32 Å². The molecule has 0 saturated heterocycles. The zero-order valence-corrected chi connectivity index (χ0v) is 18.0. The summed E-state index contributed by atoms with van der Waals surface area (Å²) >= 11 is 0. The Bertz CT molecular complexity index is 1290. The lowest BCUT2D eigenvalue weighted by molar-refractivity contribution is -0.401. The van der Waals surface area contributed by atoms with E-state index in [1.54, 1.807) is 0 Å². The summed E-state index contributed by atoms with van der Waals surface area (Å²) < 4.78 is 2.36. The molecular weight excluding hydrogens is 376 g/mol. The molecule has 2 heteroatoms. The molecule has 152 valence electrons. The fourth-order valence-electron chi connectivity index (χ4n) is 4.98. The summed E-state index contributed by atoms with van der Waals surface area (Å²) in [5, 5.41) is 6.06. The molecule has 31 heavy (non-hydrogen) atoms. The average molecular weight is 404 g/mol. The Morgan fingerprint density at radius 3 is 2.26 bits per heavy atom. The fourth-order valence-corrected chi connectivity index (χ4v) is 4.98. The van der Waals surface area contributed by atoms with E-state index in [1.165, 1.54) is 33.3 Å². The van der Waals surface area contributed by atoms with Gasteiger partial charge in [0, 0.05) is 29.6 Å². The molecule has 0 fully saturated rings. The Morgan fingerprint density at radius 1 is 0.806 bits per heavy atom. The van der Waals surface area contributed by atoms with Crippen molar-refractivity contribution in [3.05, 3.63) is 120 Å². The first kappa shape index (κ1) is 19.3. The summed E-state index contributed by atoms with van der Waals surface area (Å²) in [6.07, 6.45) is 5.26. The van der Waals surface area contributed by atoms with E-state index < -0.39 is 0 Å². The molecular formula is C29H27N2+. The van der Waals surface area contributed by atoms with Crippen molar-refractivity contribution in [2.75, 3.05) is 12.4 Å². The maximum atomic E-state index is 3.43. The lowest BCUT2D eigenvalue weighted by atomic mass is 9.73. The number of anilines is 1. The number of hydrogen-bond donors (Lipinski definition) is 1. The van der Waals surface area contributed by atoms with Gasteiger partial charge >= 0.3 is 0 Å². The molecule has 1 aliphatic heterocycles. The summed E-state index contributed by atoms with van der Waals surface area (Å²) in [5.74, 6) is 0. The summed E-state index contributed by atoms with van der Waals surface area (Å²) in [6.45, 7) is 2.39. The zero-order valence-electron chi connectivity index (χ0n) is 18.0. The molecule has 4 aromatic rings. The Labute approximate surface area is 184 Å². The van der Waals surface area contributed by atoms with Gasteiger partial charge in [0.25, 0.3) is 0 Å². The van der Waals surface area contributed by atoms with E-state index in [0.29, 0.717) is 0 Å². The van der Waals surface area contributed by atoms with Crippen LogP contribution in [0.3, 0.4) is 0 Å². The lowest BCUT2D eigenvalue weighted by Crippen LogP contribution is -2.33. The zero-order chi connectivity index (χ0) is 21.3. The molecule has 1 N–H and O–H groups in total. The van der Waals surface area contributed by atoms with E-state index in [2.05, 4.69) is 115 Å². The minimum absolute atomic E-state index is 0.138. The minimum atomic E-state index is -0.138. The van der Waals surface area contributed by atoms with Gasteiger partial charge in [0.15, 0.2) is 5.71 Å². The van der Waals surface area contributed by atoms with E-state index in [9.17, 15) is 0 Å². The number of fused-ring (bicyclic) bond motifs is 3. The van der Waals surface area contributed by atoms with Crippen LogP contribution >= 0.6 is 0 Å². The summed E-state index contributed by atoms with van der Waals surface area (Å²) in [5.41, 5.74) is 6.30. The first-order valence-corrected chi connectivity index (χ1v) is 10.8. The Kier molecular flexibility index (Phi) is 4.91. The Balaban J connectivity index is 1.62. The smallest absolute Gasteiger partial charge is 0.210 e. The first-order chi connectivity index (χ1) is 15.2. The van der Waals surface area contributed by atoms with Crippen molar-refractivity contribution in [1.82, 2.24) is 0 Å². The second kappa shape index (κ2) is 7.88. The van der Waals surface area contributed by atoms with Gasteiger partial charge in [0.2, 0.25) is 5.69 Å². The van der Waals surface area contributed by atoms with Crippen LogP contribution in [0.4, 0.5) is 11.4 Å². The molecule has 1 unspecified atom stereocenters. The predicted octanol–water partition coefficient (Wildman–Crippen LogP) is 6.69. The molecule has 0 aliphatic carbocycles. The van der Waals surface area contributed by atoms with E-state index in [4.69, 9.17) is 0 Å². The van der Waals surface area contributed by atoms with Crippen LogP contribution in [0.25, 0.3) is 10.8 Å². The number of para-hydroxylation sites is 1. The van der Waals surface area contributed by atoms with Crippen LogP contribution in [0.2, 0.25) is 0 Å². The summed E-state index contributed by atoms with van der Waals surface area (Å²) in [4.78, 5) is 0. The molecule has 1 atom stereocenters. The largest absolute Gasteiger partial charge is 0.361 e. The van der Waals surface area contributed by atoms with Crippen LogP contribution < -0.4 is 5.32 Å². The predicted molar refractivity (Wildman–Crippen MR) is 132 cm³/mol. The molecule has 0 spiro atoms. The van der Waals surface area contributed by atoms with Crippen molar-refractivity contribution in [2.24, 2.45) is 0 Å². The standard InChI is InChI=1S/C29H26N2/c1-29(21-22-11-5-3-6-12-22)27(19-20-30-24-14-7-4-8-15-24)31(2)26-18-17-23-13-9-10-16-25(23)28(26)29/h3-20H,21H2,1-2H3/p+1. The number of benzene rings is 4. The molecule has 5 rings (SSSR count). The molecule has 0 aromatic heterocycles. The molecule has 2 nitrogen and oxygen atoms in total. The van der Waals surface area contributed by atoms with Gasteiger partial charge in [-0.05, 0) is 47.9 Å². The molecule has 0 saturated carbocycles. The molecule has 1 aliphatic rings. The maximum Gasteiger partial charge on any atom is 0.210 e. The van der Waals surface area contributed by atoms with Crippen molar-refractivity contribution < 1.29 is 4.58 Å². The van der Waals surface area contributed by atoms with E-state index >= 15 is 0 Å². The van der Waals surface area contributed by atoms with Crippen LogP contribution in [-0.4, -0.2) is 17.3 Å². The van der Waals surface area contributed by atoms with E-state index in [0.717, 1.165) is 12.1 Å². The second-order valence-electron chi connectivity index (χ2n) is 8.46. The molecule has 0 amide bonds. The first-order valence-electron chi connectivity index (χ1n) is 10.8. The van der Waals surface area contributed by atoms with Crippen molar-refractivity contribution in [1.29, 1.82) is 0 Å². The van der Waals surface area contributed by atoms with E-state index in [1.807, 2.05) is 18.2 Å². The molecule has 1 heterocycles.